The molecular weight excluding hydrogens is 324 g/mol. The van der Waals surface area contributed by atoms with Gasteiger partial charge >= 0.3 is 0 Å². The van der Waals surface area contributed by atoms with Crippen LogP contribution < -0.4 is 11.1 Å². The van der Waals surface area contributed by atoms with E-state index in [-0.39, 0.29) is 18.3 Å². The zero-order chi connectivity index (χ0) is 16.3. The third-order valence-corrected chi connectivity index (χ3v) is 3.84. The molecule has 132 valence electrons. The molecule has 5 nitrogen and oxygen atoms in total. The van der Waals surface area contributed by atoms with Crippen LogP contribution in [0.1, 0.15) is 43.2 Å². The van der Waals surface area contributed by atoms with Gasteiger partial charge in [0.05, 0.1) is 6.54 Å². The summed E-state index contributed by atoms with van der Waals surface area (Å²) in [5, 5.41) is 7.25. The molecule has 2 aromatic rings. The summed E-state index contributed by atoms with van der Waals surface area (Å²) in [6, 6.07) is 10.1. The van der Waals surface area contributed by atoms with Gasteiger partial charge < -0.3 is 11.1 Å². The third kappa shape index (κ3) is 7.15. The van der Waals surface area contributed by atoms with Crippen molar-refractivity contribution in [3.05, 3.63) is 53.9 Å². The quantitative estimate of drug-likeness (QED) is 0.647. The molecule has 0 unspecified atom stereocenters. The highest BCUT2D eigenvalue weighted by Crippen LogP contribution is 2.10. The van der Waals surface area contributed by atoms with Crippen molar-refractivity contribution < 1.29 is 4.79 Å². The van der Waals surface area contributed by atoms with Crippen molar-refractivity contribution in [2.45, 2.75) is 45.2 Å². The summed E-state index contributed by atoms with van der Waals surface area (Å²) in [4.78, 5) is 11.9. The highest BCUT2D eigenvalue weighted by Gasteiger charge is 2.05. The second-order valence-corrected chi connectivity index (χ2v) is 5.70. The minimum absolute atomic E-state index is 0. The number of amides is 1. The Hall–Kier alpha value is -1.85. The molecule has 0 saturated carbocycles. The number of nitrogens with zero attached hydrogens (tertiary/aromatic N) is 2. The molecule has 0 spiro atoms. The molecule has 0 fully saturated rings. The number of unbranched alkanes of at least 4 members (excludes halogenated alkanes) is 3. The summed E-state index contributed by atoms with van der Waals surface area (Å²) in [7, 11) is 0. The zero-order valence-corrected chi connectivity index (χ0v) is 14.8. The minimum atomic E-state index is 0. The molecule has 0 aliphatic heterocycles. The van der Waals surface area contributed by atoms with E-state index in [0.29, 0.717) is 13.0 Å². The average molecular weight is 351 g/mol. The number of hydrogen-bond donors (Lipinski definition) is 2. The fourth-order valence-electron chi connectivity index (χ4n) is 2.52. The molecule has 1 aromatic carbocycles. The van der Waals surface area contributed by atoms with E-state index in [0.717, 1.165) is 44.3 Å². The van der Waals surface area contributed by atoms with Crippen molar-refractivity contribution in [3.8, 4) is 0 Å². The van der Waals surface area contributed by atoms with Crippen LogP contribution >= 0.6 is 12.4 Å². The Morgan fingerprint density at radius 3 is 2.54 bits per heavy atom. The maximum absolute atomic E-state index is 11.9. The van der Waals surface area contributed by atoms with Crippen LogP contribution in [-0.2, 0) is 17.9 Å². The Morgan fingerprint density at radius 1 is 1.08 bits per heavy atom. The van der Waals surface area contributed by atoms with Crippen LogP contribution in [0.15, 0.2) is 42.7 Å². The molecule has 0 aliphatic carbocycles. The van der Waals surface area contributed by atoms with E-state index in [1.54, 1.807) is 6.20 Å². The Kier molecular flexibility index (Phi) is 9.80. The predicted octanol–water partition coefficient (Wildman–Crippen LogP) is 2.88. The lowest BCUT2D eigenvalue weighted by atomic mass is 10.1. The molecule has 2 rings (SSSR count). The first-order chi connectivity index (χ1) is 11.3. The molecule has 1 heterocycles. The molecule has 24 heavy (non-hydrogen) atoms. The monoisotopic (exact) mass is 350 g/mol. The van der Waals surface area contributed by atoms with Crippen LogP contribution in [0.5, 0.6) is 0 Å². The molecule has 0 saturated heterocycles. The van der Waals surface area contributed by atoms with E-state index in [4.69, 9.17) is 5.73 Å². The normalized spacial score (nSPS) is 10.2. The number of carbonyl (C=O) groups excluding carboxylic acids is 1. The predicted molar refractivity (Wildman–Crippen MR) is 99.0 cm³/mol. The fourth-order valence-corrected chi connectivity index (χ4v) is 2.52. The summed E-state index contributed by atoms with van der Waals surface area (Å²) in [5.74, 6) is 0.117. The Labute approximate surface area is 150 Å². The second-order valence-electron chi connectivity index (χ2n) is 5.70. The summed E-state index contributed by atoms with van der Waals surface area (Å²) in [6.45, 7) is 2.02. The van der Waals surface area contributed by atoms with E-state index >= 15 is 0 Å². The van der Waals surface area contributed by atoms with E-state index in [1.807, 2.05) is 29.1 Å². The van der Waals surface area contributed by atoms with Gasteiger partial charge in [-0.15, -0.1) is 12.4 Å². The molecule has 6 heteroatoms. The number of carbonyl (C=O) groups is 1. The standard InChI is InChI=1S/C18H26N4O.ClH/c19-11-6-2-1-3-10-18(23)20-14-16-8-4-5-9-17(16)15-22-13-7-12-21-22;/h4-5,7-9,12-13H,1-3,6,10-11,14-15,19H2,(H,20,23);1H. The maximum Gasteiger partial charge on any atom is 0.220 e. The minimum Gasteiger partial charge on any atom is -0.352 e. The van der Waals surface area contributed by atoms with Crippen LogP contribution in [0.2, 0.25) is 0 Å². The van der Waals surface area contributed by atoms with Crippen molar-refractivity contribution in [1.29, 1.82) is 0 Å². The number of halogens is 1. The number of rotatable bonds is 10. The highest BCUT2D eigenvalue weighted by atomic mass is 35.5. The molecule has 1 aromatic heterocycles. The number of hydrogen-bond acceptors (Lipinski definition) is 3. The first kappa shape index (κ1) is 20.2. The van der Waals surface area contributed by atoms with Crippen LogP contribution in [0.25, 0.3) is 0 Å². The fraction of sp³-hybridized carbons (Fsp3) is 0.444. The molecule has 1 amide bonds. The van der Waals surface area contributed by atoms with Gasteiger partial charge in [-0.05, 0) is 36.6 Å². The van der Waals surface area contributed by atoms with Gasteiger partial charge in [0.25, 0.3) is 0 Å². The van der Waals surface area contributed by atoms with Gasteiger partial charge in [0.2, 0.25) is 5.91 Å². The molecule has 0 bridgehead atoms. The molecular formula is C18H27ClN4O. The van der Waals surface area contributed by atoms with Gasteiger partial charge in [-0.3, -0.25) is 9.48 Å². The third-order valence-electron chi connectivity index (χ3n) is 3.84. The molecule has 0 radical (unpaired) electrons. The molecule has 0 atom stereocenters. The topological polar surface area (TPSA) is 72.9 Å². The van der Waals surface area contributed by atoms with E-state index in [9.17, 15) is 4.79 Å². The van der Waals surface area contributed by atoms with Crippen molar-refractivity contribution in [1.82, 2.24) is 15.1 Å². The van der Waals surface area contributed by atoms with E-state index < -0.39 is 0 Å². The van der Waals surface area contributed by atoms with Crippen LogP contribution in [0.3, 0.4) is 0 Å². The smallest absolute Gasteiger partial charge is 0.220 e. The summed E-state index contributed by atoms with van der Waals surface area (Å²) < 4.78 is 1.89. The number of nitrogens with one attached hydrogen (secondary N) is 1. The lowest BCUT2D eigenvalue weighted by Crippen LogP contribution is -2.23. The van der Waals surface area contributed by atoms with Crippen LogP contribution in [-0.4, -0.2) is 22.2 Å². The first-order valence-corrected chi connectivity index (χ1v) is 8.30. The lowest BCUT2D eigenvalue weighted by Gasteiger charge is -2.11. The zero-order valence-electron chi connectivity index (χ0n) is 14.0. The number of aromatic nitrogens is 2. The van der Waals surface area contributed by atoms with Crippen molar-refractivity contribution >= 4 is 18.3 Å². The van der Waals surface area contributed by atoms with Gasteiger partial charge in [-0.25, -0.2) is 0 Å². The largest absolute Gasteiger partial charge is 0.352 e. The Bertz CT molecular complexity index is 586. The number of nitrogens with two attached hydrogens (primary N) is 1. The van der Waals surface area contributed by atoms with Gasteiger partial charge in [-0.2, -0.15) is 5.10 Å². The highest BCUT2D eigenvalue weighted by molar-refractivity contribution is 5.85. The first-order valence-electron chi connectivity index (χ1n) is 8.30. The molecule has 3 N–H and O–H groups in total. The van der Waals surface area contributed by atoms with Crippen molar-refractivity contribution in [2.24, 2.45) is 5.73 Å². The SMILES string of the molecule is Cl.NCCCCCCC(=O)NCc1ccccc1Cn1cccn1. The lowest BCUT2D eigenvalue weighted by molar-refractivity contribution is -0.121. The second kappa shape index (κ2) is 11.6. The van der Waals surface area contributed by atoms with Gasteiger partial charge in [0.15, 0.2) is 0 Å². The maximum atomic E-state index is 11.9. The van der Waals surface area contributed by atoms with Gasteiger partial charge in [-0.1, -0.05) is 37.1 Å². The van der Waals surface area contributed by atoms with Crippen LogP contribution in [0.4, 0.5) is 0 Å². The summed E-state index contributed by atoms with van der Waals surface area (Å²) >= 11 is 0. The van der Waals surface area contributed by atoms with Crippen molar-refractivity contribution in [2.75, 3.05) is 6.54 Å². The Morgan fingerprint density at radius 2 is 1.83 bits per heavy atom. The average Bonchev–Trinajstić information content (AvgIpc) is 3.07. The van der Waals surface area contributed by atoms with Gasteiger partial charge in [0.1, 0.15) is 0 Å². The Balaban J connectivity index is 0.00000288. The van der Waals surface area contributed by atoms with E-state index in [1.165, 1.54) is 5.56 Å². The van der Waals surface area contributed by atoms with Crippen LogP contribution in [0, 0.1) is 0 Å². The summed E-state index contributed by atoms with van der Waals surface area (Å²) in [5.41, 5.74) is 7.78. The van der Waals surface area contributed by atoms with Crippen molar-refractivity contribution in [3.63, 3.8) is 0 Å². The number of benzene rings is 1. The summed E-state index contributed by atoms with van der Waals surface area (Å²) in [6.07, 6.45) is 8.46. The molecule has 0 aliphatic rings. The van der Waals surface area contributed by atoms with Gasteiger partial charge in [0, 0.05) is 25.4 Å². The van der Waals surface area contributed by atoms with E-state index in [2.05, 4.69) is 22.5 Å².